The van der Waals surface area contributed by atoms with E-state index < -0.39 is 0 Å². The van der Waals surface area contributed by atoms with Crippen molar-refractivity contribution < 1.29 is 0 Å². The zero-order chi connectivity index (χ0) is 9.84. The highest BCUT2D eigenvalue weighted by Gasteiger charge is 2.13. The molecule has 0 atom stereocenters. The van der Waals surface area contributed by atoms with Gasteiger partial charge in [-0.15, -0.1) is 0 Å². The summed E-state index contributed by atoms with van der Waals surface area (Å²) in [6, 6.07) is 0.697. The van der Waals surface area contributed by atoms with Crippen molar-refractivity contribution in [3.63, 3.8) is 0 Å². The van der Waals surface area contributed by atoms with E-state index in [1.165, 1.54) is 19.4 Å². The van der Waals surface area contributed by atoms with E-state index in [1.54, 1.807) is 5.57 Å². The lowest BCUT2D eigenvalue weighted by Crippen LogP contribution is -2.31. The molecule has 0 N–H and O–H groups in total. The van der Waals surface area contributed by atoms with E-state index in [0.717, 1.165) is 12.5 Å². The van der Waals surface area contributed by atoms with Crippen molar-refractivity contribution in [2.24, 2.45) is 5.92 Å². The van der Waals surface area contributed by atoms with Gasteiger partial charge in [-0.25, -0.2) is 0 Å². The van der Waals surface area contributed by atoms with Crippen LogP contribution >= 0.6 is 0 Å². The second-order valence-corrected chi connectivity index (χ2v) is 4.63. The largest absolute Gasteiger partial charge is 0.297 e. The maximum Gasteiger partial charge on any atom is 0.0168 e. The van der Waals surface area contributed by atoms with Gasteiger partial charge in [-0.2, -0.15) is 0 Å². The van der Waals surface area contributed by atoms with Gasteiger partial charge in [0, 0.05) is 12.6 Å². The maximum atomic E-state index is 2.55. The number of rotatable bonds is 2. The summed E-state index contributed by atoms with van der Waals surface area (Å²) < 4.78 is 0. The van der Waals surface area contributed by atoms with Gasteiger partial charge < -0.3 is 0 Å². The second-order valence-electron chi connectivity index (χ2n) is 4.63. The summed E-state index contributed by atoms with van der Waals surface area (Å²) in [5.74, 6) is 0.743. The Morgan fingerprint density at radius 2 is 1.92 bits per heavy atom. The van der Waals surface area contributed by atoms with Crippen LogP contribution in [-0.4, -0.2) is 24.0 Å². The van der Waals surface area contributed by atoms with E-state index in [2.05, 4.69) is 38.7 Å². The lowest BCUT2D eigenvalue weighted by atomic mass is 9.99. The molecular weight excluding hydrogens is 158 g/mol. The van der Waals surface area contributed by atoms with Crippen molar-refractivity contribution in [1.29, 1.82) is 0 Å². The van der Waals surface area contributed by atoms with Gasteiger partial charge in [-0.05, 0) is 39.2 Å². The molecule has 0 saturated heterocycles. The fourth-order valence-electron chi connectivity index (χ4n) is 1.91. The summed E-state index contributed by atoms with van der Waals surface area (Å²) >= 11 is 0. The molecule has 0 bridgehead atoms. The van der Waals surface area contributed by atoms with Crippen LogP contribution in [0.15, 0.2) is 11.6 Å². The van der Waals surface area contributed by atoms with Crippen LogP contribution in [0.5, 0.6) is 0 Å². The van der Waals surface area contributed by atoms with Gasteiger partial charge in [0.05, 0.1) is 0 Å². The van der Waals surface area contributed by atoms with Gasteiger partial charge in [0.25, 0.3) is 0 Å². The van der Waals surface area contributed by atoms with Crippen LogP contribution in [0.1, 0.15) is 40.5 Å². The Morgan fingerprint density at radius 1 is 1.23 bits per heavy atom. The summed E-state index contributed by atoms with van der Waals surface area (Å²) in [7, 11) is 0. The van der Waals surface area contributed by atoms with Crippen LogP contribution in [-0.2, 0) is 0 Å². The van der Waals surface area contributed by atoms with E-state index in [4.69, 9.17) is 0 Å². The Morgan fingerprint density at radius 3 is 2.46 bits per heavy atom. The van der Waals surface area contributed by atoms with Crippen LogP contribution in [0, 0.1) is 5.92 Å². The van der Waals surface area contributed by atoms with Gasteiger partial charge in [-0.3, -0.25) is 4.90 Å². The third-order valence-electron chi connectivity index (χ3n) is 2.97. The first kappa shape index (κ1) is 10.8. The average molecular weight is 181 g/mol. The third kappa shape index (κ3) is 3.15. The van der Waals surface area contributed by atoms with Gasteiger partial charge in [0.15, 0.2) is 0 Å². The smallest absolute Gasteiger partial charge is 0.0168 e. The maximum absolute atomic E-state index is 2.55. The van der Waals surface area contributed by atoms with Crippen molar-refractivity contribution in [3.8, 4) is 0 Å². The zero-order valence-electron chi connectivity index (χ0n) is 9.51. The first-order valence-electron chi connectivity index (χ1n) is 5.54. The van der Waals surface area contributed by atoms with Crippen molar-refractivity contribution in [1.82, 2.24) is 4.90 Å². The minimum atomic E-state index is 0.697. The molecule has 0 saturated carbocycles. The third-order valence-corrected chi connectivity index (χ3v) is 2.97. The van der Waals surface area contributed by atoms with Gasteiger partial charge in [0.1, 0.15) is 0 Å². The number of allylic oxidation sites excluding steroid dienone is 1. The monoisotopic (exact) mass is 181 g/mol. The predicted octanol–water partition coefficient (Wildman–Crippen LogP) is 3.07. The first-order chi connectivity index (χ1) is 6.11. The summed E-state index contributed by atoms with van der Waals surface area (Å²) in [6.07, 6.45) is 5.08. The first-order valence-corrected chi connectivity index (χ1v) is 5.54. The minimum Gasteiger partial charge on any atom is -0.297 e. The number of hydrogen-bond acceptors (Lipinski definition) is 1. The number of nitrogens with zero attached hydrogens (tertiary/aromatic N) is 1. The Bertz CT molecular complexity index is 180. The van der Waals surface area contributed by atoms with Crippen molar-refractivity contribution >= 4 is 0 Å². The van der Waals surface area contributed by atoms with Crippen molar-refractivity contribution in [2.75, 3.05) is 13.1 Å². The normalized spacial score (nSPS) is 20.6. The van der Waals surface area contributed by atoms with Crippen LogP contribution in [0.25, 0.3) is 0 Å². The van der Waals surface area contributed by atoms with Crippen LogP contribution in [0.2, 0.25) is 0 Å². The molecular formula is C12H23N. The van der Waals surface area contributed by atoms with Gasteiger partial charge >= 0.3 is 0 Å². The molecule has 0 spiro atoms. The standard InChI is InChI=1S/C12H23N/c1-10(2)12-6-5-8-13(9-7-12)11(3)4/h7,10-11H,5-6,8-9H2,1-4H3. The topological polar surface area (TPSA) is 3.24 Å². The molecule has 0 aliphatic carbocycles. The molecule has 1 rings (SSSR count). The highest BCUT2D eigenvalue weighted by Crippen LogP contribution is 2.19. The molecule has 0 radical (unpaired) electrons. The molecule has 13 heavy (non-hydrogen) atoms. The highest BCUT2D eigenvalue weighted by molar-refractivity contribution is 5.07. The fourth-order valence-corrected chi connectivity index (χ4v) is 1.91. The molecule has 0 aromatic heterocycles. The van der Waals surface area contributed by atoms with Crippen LogP contribution < -0.4 is 0 Å². The molecule has 0 aromatic carbocycles. The number of hydrogen-bond donors (Lipinski definition) is 0. The lowest BCUT2D eigenvalue weighted by Gasteiger charge is -2.23. The quantitative estimate of drug-likeness (QED) is 0.592. The summed E-state index contributed by atoms with van der Waals surface area (Å²) in [6.45, 7) is 11.6. The SMILES string of the molecule is CC(C)C1=CCN(C(C)C)CCC1. The molecule has 0 aromatic rings. The van der Waals surface area contributed by atoms with E-state index >= 15 is 0 Å². The molecule has 76 valence electrons. The van der Waals surface area contributed by atoms with E-state index in [-0.39, 0.29) is 0 Å². The van der Waals surface area contributed by atoms with Gasteiger partial charge in [-0.1, -0.05) is 25.5 Å². The molecule has 1 aliphatic heterocycles. The summed E-state index contributed by atoms with van der Waals surface area (Å²) in [4.78, 5) is 2.55. The molecule has 0 unspecified atom stereocenters. The van der Waals surface area contributed by atoms with Crippen LogP contribution in [0.4, 0.5) is 0 Å². The molecule has 1 nitrogen and oxygen atoms in total. The molecule has 1 heterocycles. The van der Waals surface area contributed by atoms with E-state index in [0.29, 0.717) is 6.04 Å². The van der Waals surface area contributed by atoms with Crippen LogP contribution in [0.3, 0.4) is 0 Å². The fraction of sp³-hybridized carbons (Fsp3) is 0.833. The molecule has 1 aliphatic rings. The Kier molecular flexibility index (Phi) is 3.98. The average Bonchev–Trinajstić information content (AvgIpc) is 2.27. The zero-order valence-corrected chi connectivity index (χ0v) is 9.51. The Hall–Kier alpha value is -0.300. The predicted molar refractivity (Wildman–Crippen MR) is 58.9 cm³/mol. The molecule has 1 heteroatoms. The Balaban J connectivity index is 2.55. The van der Waals surface area contributed by atoms with Gasteiger partial charge in [0.2, 0.25) is 0 Å². The summed E-state index contributed by atoms with van der Waals surface area (Å²) in [5.41, 5.74) is 1.66. The van der Waals surface area contributed by atoms with Crippen molar-refractivity contribution in [3.05, 3.63) is 11.6 Å². The Labute approximate surface area is 82.8 Å². The highest BCUT2D eigenvalue weighted by atomic mass is 15.1. The minimum absolute atomic E-state index is 0.697. The molecule has 0 amide bonds. The molecule has 0 fully saturated rings. The summed E-state index contributed by atoms with van der Waals surface area (Å²) in [5, 5.41) is 0. The lowest BCUT2D eigenvalue weighted by molar-refractivity contribution is 0.248. The second kappa shape index (κ2) is 4.80. The van der Waals surface area contributed by atoms with E-state index in [9.17, 15) is 0 Å². The van der Waals surface area contributed by atoms with E-state index in [1.807, 2.05) is 0 Å². The van der Waals surface area contributed by atoms with Crippen molar-refractivity contribution in [2.45, 2.75) is 46.6 Å².